The molecule has 3 nitrogen and oxygen atoms in total. The molecule has 2 rings (SSSR count). The lowest BCUT2D eigenvalue weighted by atomic mass is 9.81. The molecular formula is C14H20BF2NO2. The van der Waals surface area contributed by atoms with E-state index in [2.05, 4.69) is 4.98 Å². The van der Waals surface area contributed by atoms with Crippen LogP contribution in [0.25, 0.3) is 0 Å². The smallest absolute Gasteiger partial charge is 0.398 e. The first-order valence-electron chi connectivity index (χ1n) is 6.71. The summed E-state index contributed by atoms with van der Waals surface area (Å²) in [6.45, 7) is 9.70. The molecule has 1 aromatic heterocycles. The largest absolute Gasteiger partial charge is 0.514 e. The second kappa shape index (κ2) is 5.08. The lowest BCUT2D eigenvalue weighted by Crippen LogP contribution is -2.41. The number of hydrogen-bond donors (Lipinski definition) is 0. The summed E-state index contributed by atoms with van der Waals surface area (Å²) in [7, 11) is -0.555. The van der Waals surface area contributed by atoms with Gasteiger partial charge in [0.05, 0.1) is 16.8 Å². The van der Waals surface area contributed by atoms with E-state index < -0.39 is 24.7 Å². The summed E-state index contributed by atoms with van der Waals surface area (Å²) in [5, 5.41) is 0. The van der Waals surface area contributed by atoms with Crippen LogP contribution in [0, 0.1) is 6.92 Å². The minimum absolute atomic E-state index is 0.280. The first-order valence-corrected chi connectivity index (χ1v) is 6.71. The molecule has 0 spiro atoms. The number of alkyl halides is 2. The summed E-state index contributed by atoms with van der Waals surface area (Å²) in [6, 6.07) is 1.72. The molecule has 0 aromatic carbocycles. The van der Waals surface area contributed by atoms with Gasteiger partial charge in [-0.3, -0.25) is 4.98 Å². The predicted octanol–water partition coefficient (Wildman–Crippen LogP) is 2.50. The van der Waals surface area contributed by atoms with Crippen LogP contribution >= 0.6 is 0 Å². The number of aryl methyl sites for hydroxylation is 1. The highest BCUT2D eigenvalue weighted by atomic mass is 19.3. The summed E-state index contributed by atoms with van der Waals surface area (Å²) in [5.74, 6) is 0. The Bertz CT molecular complexity index is 490. The Hall–Kier alpha value is -1.01. The van der Waals surface area contributed by atoms with Crippen LogP contribution in [0.5, 0.6) is 0 Å². The molecule has 110 valence electrons. The molecule has 0 radical (unpaired) electrons. The summed E-state index contributed by atoms with van der Waals surface area (Å²) in [6.07, 6.45) is -1.17. The average molecular weight is 283 g/mol. The minimum atomic E-state index is -2.36. The SMILES string of the molecule is Cc1cc(CC(F)F)cnc1B1OC(C)(C)C(C)(C)O1. The summed E-state index contributed by atoms with van der Waals surface area (Å²) in [4.78, 5) is 4.26. The lowest BCUT2D eigenvalue weighted by molar-refractivity contribution is 0.00578. The van der Waals surface area contributed by atoms with Crippen molar-refractivity contribution in [1.82, 2.24) is 4.98 Å². The quantitative estimate of drug-likeness (QED) is 0.799. The van der Waals surface area contributed by atoms with Crippen molar-refractivity contribution in [2.75, 3.05) is 0 Å². The molecule has 0 unspecified atom stereocenters. The van der Waals surface area contributed by atoms with Crippen molar-refractivity contribution < 1.29 is 18.1 Å². The molecule has 20 heavy (non-hydrogen) atoms. The molecular weight excluding hydrogens is 263 g/mol. The molecule has 0 amide bonds. The summed E-state index contributed by atoms with van der Waals surface area (Å²) >= 11 is 0. The highest BCUT2D eigenvalue weighted by molar-refractivity contribution is 6.61. The van der Waals surface area contributed by atoms with Crippen LogP contribution in [-0.2, 0) is 15.7 Å². The molecule has 1 saturated heterocycles. The van der Waals surface area contributed by atoms with Crippen LogP contribution in [0.4, 0.5) is 8.78 Å². The van der Waals surface area contributed by atoms with Crippen molar-refractivity contribution >= 4 is 12.7 Å². The molecule has 0 saturated carbocycles. The van der Waals surface area contributed by atoms with Crippen LogP contribution < -0.4 is 5.59 Å². The van der Waals surface area contributed by atoms with E-state index in [4.69, 9.17) is 9.31 Å². The molecule has 0 aliphatic carbocycles. The number of nitrogens with zero attached hydrogens (tertiary/aromatic N) is 1. The van der Waals surface area contributed by atoms with Gasteiger partial charge in [0.25, 0.3) is 0 Å². The zero-order chi connectivity index (χ0) is 15.1. The maximum absolute atomic E-state index is 12.4. The third-order valence-corrected chi connectivity index (χ3v) is 4.04. The molecule has 1 aliphatic heterocycles. The monoisotopic (exact) mass is 283 g/mol. The molecule has 2 heterocycles. The number of aromatic nitrogens is 1. The first-order chi connectivity index (χ1) is 9.12. The van der Waals surface area contributed by atoms with Gasteiger partial charge in [-0.15, -0.1) is 0 Å². The van der Waals surface area contributed by atoms with Crippen LogP contribution in [0.2, 0.25) is 0 Å². The second-order valence-electron chi connectivity index (χ2n) is 6.23. The van der Waals surface area contributed by atoms with Gasteiger partial charge in [-0.05, 0) is 45.7 Å². The highest BCUT2D eigenvalue weighted by Gasteiger charge is 2.52. The van der Waals surface area contributed by atoms with Crippen LogP contribution in [-0.4, -0.2) is 29.7 Å². The Morgan fingerprint density at radius 1 is 1.20 bits per heavy atom. The Labute approximate surface area is 118 Å². The van der Waals surface area contributed by atoms with Gasteiger partial charge in [0, 0.05) is 12.6 Å². The average Bonchev–Trinajstić information content (AvgIpc) is 2.46. The molecule has 6 heteroatoms. The number of rotatable bonds is 3. The van der Waals surface area contributed by atoms with Crippen molar-refractivity contribution in [2.45, 2.75) is 58.7 Å². The van der Waals surface area contributed by atoms with Crippen LogP contribution in [0.3, 0.4) is 0 Å². The molecule has 0 N–H and O–H groups in total. The van der Waals surface area contributed by atoms with Gasteiger partial charge in [-0.2, -0.15) is 0 Å². The Morgan fingerprint density at radius 2 is 1.75 bits per heavy atom. The van der Waals surface area contributed by atoms with Crippen molar-refractivity contribution in [1.29, 1.82) is 0 Å². The molecule has 0 atom stereocenters. The summed E-state index contributed by atoms with van der Waals surface area (Å²) < 4.78 is 36.6. The zero-order valence-corrected chi connectivity index (χ0v) is 12.5. The first kappa shape index (κ1) is 15.4. The van der Waals surface area contributed by atoms with E-state index in [0.29, 0.717) is 11.2 Å². The molecule has 1 aliphatic rings. The maximum Gasteiger partial charge on any atom is 0.514 e. The van der Waals surface area contributed by atoms with E-state index in [9.17, 15) is 8.78 Å². The second-order valence-corrected chi connectivity index (χ2v) is 6.23. The predicted molar refractivity (Wildman–Crippen MR) is 74.4 cm³/mol. The van der Waals surface area contributed by atoms with Crippen molar-refractivity contribution in [3.63, 3.8) is 0 Å². The number of hydrogen-bond acceptors (Lipinski definition) is 3. The van der Waals surface area contributed by atoms with Gasteiger partial charge < -0.3 is 9.31 Å². The molecule has 1 aromatic rings. The fourth-order valence-electron chi connectivity index (χ4n) is 2.13. The normalized spacial score (nSPS) is 20.7. The third kappa shape index (κ3) is 2.86. The Balaban J connectivity index is 2.23. The van der Waals surface area contributed by atoms with E-state index in [1.54, 1.807) is 6.07 Å². The van der Waals surface area contributed by atoms with E-state index >= 15 is 0 Å². The van der Waals surface area contributed by atoms with E-state index in [1.165, 1.54) is 6.20 Å². The van der Waals surface area contributed by atoms with E-state index in [1.807, 2.05) is 34.6 Å². The number of halogens is 2. The maximum atomic E-state index is 12.4. The van der Waals surface area contributed by atoms with Gasteiger partial charge in [0.15, 0.2) is 0 Å². The van der Waals surface area contributed by atoms with Gasteiger partial charge in [-0.1, -0.05) is 6.07 Å². The van der Waals surface area contributed by atoms with Gasteiger partial charge in [-0.25, -0.2) is 8.78 Å². The highest BCUT2D eigenvalue weighted by Crippen LogP contribution is 2.36. The zero-order valence-electron chi connectivity index (χ0n) is 12.5. The number of pyridine rings is 1. The van der Waals surface area contributed by atoms with Crippen molar-refractivity contribution in [3.05, 3.63) is 23.4 Å². The van der Waals surface area contributed by atoms with Crippen molar-refractivity contribution in [3.8, 4) is 0 Å². The fourth-order valence-corrected chi connectivity index (χ4v) is 2.13. The minimum Gasteiger partial charge on any atom is -0.398 e. The molecule has 0 bridgehead atoms. The topological polar surface area (TPSA) is 31.4 Å². The summed E-state index contributed by atoms with van der Waals surface area (Å²) in [5.41, 5.74) is 1.11. The Kier molecular flexibility index (Phi) is 3.91. The van der Waals surface area contributed by atoms with E-state index in [-0.39, 0.29) is 6.42 Å². The lowest BCUT2D eigenvalue weighted by Gasteiger charge is -2.32. The fraction of sp³-hybridized carbons (Fsp3) is 0.643. The van der Waals surface area contributed by atoms with Gasteiger partial charge in [0.2, 0.25) is 6.43 Å². The van der Waals surface area contributed by atoms with Crippen LogP contribution in [0.15, 0.2) is 12.3 Å². The molecule has 1 fully saturated rings. The third-order valence-electron chi connectivity index (χ3n) is 4.04. The van der Waals surface area contributed by atoms with Gasteiger partial charge in [0.1, 0.15) is 0 Å². The van der Waals surface area contributed by atoms with E-state index in [0.717, 1.165) is 5.56 Å². The van der Waals surface area contributed by atoms with Crippen LogP contribution in [0.1, 0.15) is 38.8 Å². The van der Waals surface area contributed by atoms with Crippen molar-refractivity contribution in [2.24, 2.45) is 0 Å². The Morgan fingerprint density at radius 3 is 2.20 bits per heavy atom. The van der Waals surface area contributed by atoms with Gasteiger partial charge >= 0.3 is 7.12 Å². The standard InChI is InChI=1S/C14H20BF2NO2/c1-9-6-10(7-11(16)17)8-18-12(9)15-19-13(2,3)14(4,5)20-15/h6,8,11H,7H2,1-5H3.